The lowest BCUT2D eigenvalue weighted by atomic mass is 10.3. The molecule has 1 aromatic heterocycles. The molecule has 0 saturated carbocycles. The van der Waals surface area contributed by atoms with Crippen molar-refractivity contribution in [3.05, 3.63) is 22.3 Å². The van der Waals surface area contributed by atoms with Gasteiger partial charge in [-0.25, -0.2) is 4.98 Å². The summed E-state index contributed by atoms with van der Waals surface area (Å²) >= 11 is 3.36. The molecule has 1 heterocycles. The van der Waals surface area contributed by atoms with Gasteiger partial charge in [0.25, 0.3) is 0 Å². The van der Waals surface area contributed by atoms with Crippen LogP contribution in [0.4, 0.5) is 5.82 Å². The number of halogens is 1. The number of hydrogen-bond acceptors (Lipinski definition) is 3. The van der Waals surface area contributed by atoms with Crippen molar-refractivity contribution in [1.82, 2.24) is 4.98 Å². The maximum Gasteiger partial charge on any atom is 0.225 e. The molecule has 0 fully saturated rings. The molecule has 0 atom stereocenters. The van der Waals surface area contributed by atoms with Crippen LogP contribution in [0.3, 0.4) is 0 Å². The van der Waals surface area contributed by atoms with E-state index in [1.54, 1.807) is 6.07 Å². The molecular weight excluding hydrogens is 284 g/mol. The number of ether oxygens (including phenoxy) is 1. The number of rotatable bonds is 6. The third kappa shape index (κ3) is 5.28. The van der Waals surface area contributed by atoms with Crippen molar-refractivity contribution >= 4 is 27.7 Å². The molecule has 4 nitrogen and oxygen atoms in total. The Labute approximate surface area is 110 Å². The predicted octanol–water partition coefficient (Wildman–Crippen LogP) is 2.91. The van der Waals surface area contributed by atoms with Crippen LogP contribution in [-0.4, -0.2) is 24.1 Å². The molecule has 0 saturated heterocycles. The number of nitrogens with one attached hydrogen (secondary N) is 1. The highest BCUT2D eigenvalue weighted by Gasteiger charge is 2.04. The van der Waals surface area contributed by atoms with Crippen LogP contribution >= 0.6 is 15.9 Å². The highest BCUT2D eigenvalue weighted by Crippen LogP contribution is 2.16. The molecule has 0 aliphatic heterocycles. The van der Waals surface area contributed by atoms with Gasteiger partial charge in [0, 0.05) is 24.1 Å². The Bertz CT molecular complexity index is 383. The Morgan fingerprint density at radius 1 is 1.53 bits per heavy atom. The highest BCUT2D eigenvalue weighted by molar-refractivity contribution is 9.10. The van der Waals surface area contributed by atoms with Gasteiger partial charge in [0.15, 0.2) is 0 Å². The van der Waals surface area contributed by atoms with E-state index < -0.39 is 0 Å². The fourth-order valence-electron chi connectivity index (χ4n) is 1.30. The molecule has 0 aromatic carbocycles. The predicted molar refractivity (Wildman–Crippen MR) is 71.0 cm³/mol. The molecule has 0 aliphatic carbocycles. The quantitative estimate of drug-likeness (QED) is 0.822. The number of pyridine rings is 1. The van der Waals surface area contributed by atoms with Gasteiger partial charge in [-0.1, -0.05) is 0 Å². The first-order valence-electron chi connectivity index (χ1n) is 5.64. The Balaban J connectivity index is 2.37. The summed E-state index contributed by atoms with van der Waals surface area (Å²) in [4.78, 5) is 15.8. The van der Waals surface area contributed by atoms with Gasteiger partial charge < -0.3 is 10.1 Å². The second kappa shape index (κ2) is 7.40. The molecule has 1 amide bonds. The summed E-state index contributed by atoms with van der Waals surface area (Å²) in [6.45, 7) is 5.13. The van der Waals surface area contributed by atoms with E-state index in [4.69, 9.17) is 4.74 Å². The number of anilines is 1. The van der Waals surface area contributed by atoms with E-state index in [1.807, 2.05) is 19.9 Å². The number of hydrogen-bond donors (Lipinski definition) is 1. The summed E-state index contributed by atoms with van der Waals surface area (Å²) in [5.41, 5.74) is 0.858. The first kappa shape index (κ1) is 14.1. The molecule has 0 unspecified atom stereocenters. The Hall–Kier alpha value is -0.940. The highest BCUT2D eigenvalue weighted by atomic mass is 79.9. The monoisotopic (exact) mass is 300 g/mol. The topological polar surface area (TPSA) is 51.2 Å². The molecule has 94 valence electrons. The fraction of sp³-hybridized carbons (Fsp3) is 0.500. The lowest BCUT2D eigenvalue weighted by Gasteiger charge is -2.06. The first-order chi connectivity index (χ1) is 8.13. The van der Waals surface area contributed by atoms with E-state index in [-0.39, 0.29) is 5.91 Å². The zero-order chi connectivity index (χ0) is 12.7. The molecule has 0 spiro atoms. The van der Waals surface area contributed by atoms with Crippen LogP contribution in [0.15, 0.2) is 16.6 Å². The summed E-state index contributed by atoms with van der Waals surface area (Å²) in [6.07, 6.45) is 1.19. The molecule has 5 heteroatoms. The first-order valence-corrected chi connectivity index (χ1v) is 6.43. The van der Waals surface area contributed by atoms with Crippen LogP contribution in [-0.2, 0) is 9.53 Å². The van der Waals surface area contributed by atoms with Crippen LogP contribution in [0, 0.1) is 6.92 Å². The molecule has 0 bridgehead atoms. The van der Waals surface area contributed by atoms with Crippen molar-refractivity contribution in [1.29, 1.82) is 0 Å². The van der Waals surface area contributed by atoms with Crippen molar-refractivity contribution < 1.29 is 9.53 Å². The van der Waals surface area contributed by atoms with Gasteiger partial charge in [0.2, 0.25) is 5.91 Å². The maximum atomic E-state index is 11.6. The van der Waals surface area contributed by atoms with E-state index in [1.165, 1.54) is 0 Å². The largest absolute Gasteiger partial charge is 0.382 e. The zero-order valence-electron chi connectivity index (χ0n) is 10.1. The molecule has 0 aliphatic rings. The van der Waals surface area contributed by atoms with Crippen LogP contribution in [0.2, 0.25) is 0 Å². The maximum absolute atomic E-state index is 11.6. The minimum Gasteiger partial charge on any atom is -0.382 e. The Morgan fingerprint density at radius 2 is 2.29 bits per heavy atom. The third-order valence-electron chi connectivity index (χ3n) is 2.19. The van der Waals surface area contributed by atoms with E-state index in [2.05, 4.69) is 26.2 Å². The number of amides is 1. The van der Waals surface area contributed by atoms with Gasteiger partial charge in [0.05, 0.1) is 5.69 Å². The van der Waals surface area contributed by atoms with E-state index in [0.29, 0.717) is 25.5 Å². The van der Waals surface area contributed by atoms with Gasteiger partial charge in [-0.2, -0.15) is 0 Å². The number of carbonyl (C=O) groups excluding carboxylic acids is 1. The summed E-state index contributed by atoms with van der Waals surface area (Å²) in [6, 6.07) is 3.65. The van der Waals surface area contributed by atoms with Crippen LogP contribution in [0.1, 0.15) is 25.5 Å². The fourth-order valence-corrected chi connectivity index (χ4v) is 1.52. The molecule has 1 N–H and O–H groups in total. The van der Waals surface area contributed by atoms with Crippen LogP contribution in [0.25, 0.3) is 0 Å². The average Bonchev–Trinajstić information content (AvgIpc) is 2.30. The van der Waals surface area contributed by atoms with Crippen molar-refractivity contribution in [3.8, 4) is 0 Å². The summed E-state index contributed by atoms with van der Waals surface area (Å²) in [5, 5.41) is 2.76. The van der Waals surface area contributed by atoms with Gasteiger partial charge >= 0.3 is 0 Å². The van der Waals surface area contributed by atoms with Gasteiger partial charge in [-0.3, -0.25) is 4.79 Å². The lowest BCUT2D eigenvalue weighted by molar-refractivity contribution is -0.116. The normalized spacial score (nSPS) is 10.3. The van der Waals surface area contributed by atoms with Gasteiger partial charge in [0.1, 0.15) is 5.82 Å². The molecule has 1 rings (SSSR count). The lowest BCUT2D eigenvalue weighted by Crippen LogP contribution is -2.13. The van der Waals surface area contributed by atoms with Crippen molar-refractivity contribution in [2.45, 2.75) is 26.7 Å². The van der Waals surface area contributed by atoms with Gasteiger partial charge in [-0.15, -0.1) is 0 Å². The van der Waals surface area contributed by atoms with E-state index in [0.717, 1.165) is 16.6 Å². The Kier molecular flexibility index (Phi) is 6.15. The summed E-state index contributed by atoms with van der Waals surface area (Å²) in [7, 11) is 0. The third-order valence-corrected chi connectivity index (χ3v) is 3.02. The summed E-state index contributed by atoms with van der Waals surface area (Å²) in [5.74, 6) is 0.561. The smallest absolute Gasteiger partial charge is 0.225 e. The second-order valence-electron chi connectivity index (χ2n) is 3.61. The number of carbonyl (C=O) groups is 1. The standard InChI is InChI=1S/C12H17BrN2O2/c1-3-17-8-4-5-12(16)15-11-7-6-10(13)9(2)14-11/h6-7H,3-5,8H2,1-2H3,(H,14,15,16). The zero-order valence-corrected chi connectivity index (χ0v) is 11.7. The SMILES string of the molecule is CCOCCCC(=O)Nc1ccc(Br)c(C)n1. The average molecular weight is 301 g/mol. The number of nitrogens with zero attached hydrogens (tertiary/aromatic N) is 1. The van der Waals surface area contributed by atoms with Crippen molar-refractivity contribution in [3.63, 3.8) is 0 Å². The minimum absolute atomic E-state index is 0.0288. The van der Waals surface area contributed by atoms with Crippen molar-refractivity contribution in [2.24, 2.45) is 0 Å². The van der Waals surface area contributed by atoms with Gasteiger partial charge in [-0.05, 0) is 48.3 Å². The molecule has 1 aromatic rings. The number of aromatic nitrogens is 1. The summed E-state index contributed by atoms with van der Waals surface area (Å²) < 4.78 is 6.10. The van der Waals surface area contributed by atoms with E-state index >= 15 is 0 Å². The number of aryl methyl sites for hydroxylation is 1. The Morgan fingerprint density at radius 3 is 2.94 bits per heavy atom. The molecule has 0 radical (unpaired) electrons. The van der Waals surface area contributed by atoms with Crippen molar-refractivity contribution in [2.75, 3.05) is 18.5 Å². The van der Waals surface area contributed by atoms with Crippen LogP contribution < -0.4 is 5.32 Å². The van der Waals surface area contributed by atoms with E-state index in [9.17, 15) is 4.79 Å². The van der Waals surface area contributed by atoms with Crippen LogP contribution in [0.5, 0.6) is 0 Å². The molecular formula is C12H17BrN2O2. The second-order valence-corrected chi connectivity index (χ2v) is 4.47. The minimum atomic E-state index is -0.0288. The molecule has 17 heavy (non-hydrogen) atoms.